The molecule has 10 heavy (non-hydrogen) atoms. The molecular weight excluding hydrogens is 132 g/mol. The average molecular weight is 144 g/mol. The summed E-state index contributed by atoms with van der Waals surface area (Å²) < 4.78 is 10.4. The zero-order valence-electron chi connectivity index (χ0n) is 5.91. The third-order valence-electron chi connectivity index (χ3n) is 1.42. The van der Waals surface area contributed by atoms with E-state index in [9.17, 15) is 4.79 Å². The van der Waals surface area contributed by atoms with Crippen LogP contribution in [0.15, 0.2) is 0 Å². The summed E-state index contributed by atoms with van der Waals surface area (Å²) in [6.45, 7) is 1.53. The Morgan fingerprint density at radius 1 is 1.40 bits per heavy atom. The largest absolute Gasteiger partial charge is 0.353 e. The van der Waals surface area contributed by atoms with Crippen molar-refractivity contribution in [2.45, 2.75) is 25.6 Å². The molecule has 0 saturated carbocycles. The minimum atomic E-state index is -0.126. The van der Waals surface area contributed by atoms with E-state index < -0.39 is 0 Å². The second-order valence-electron chi connectivity index (χ2n) is 2.27. The first-order chi connectivity index (χ1) is 4.93. The third-order valence-corrected chi connectivity index (χ3v) is 1.42. The van der Waals surface area contributed by atoms with Crippen molar-refractivity contribution < 1.29 is 14.3 Å². The van der Waals surface area contributed by atoms with Gasteiger partial charge in [-0.1, -0.05) is 0 Å². The van der Waals surface area contributed by atoms with E-state index in [0.717, 1.165) is 25.9 Å². The molecule has 0 unspecified atom stereocenters. The minimum absolute atomic E-state index is 0.126. The summed E-state index contributed by atoms with van der Waals surface area (Å²) in [5.74, 6) is 0. The molecule has 0 aromatic rings. The Morgan fingerprint density at radius 3 is 2.70 bits per heavy atom. The predicted octanol–water partition coefficient (Wildman–Crippen LogP) is 0.728. The first kappa shape index (κ1) is 7.69. The maximum Gasteiger partial charge on any atom is 0.157 e. The van der Waals surface area contributed by atoms with Crippen LogP contribution in [0.25, 0.3) is 0 Å². The van der Waals surface area contributed by atoms with E-state index in [4.69, 9.17) is 9.47 Å². The Bertz CT molecular complexity index is 97.0. The van der Waals surface area contributed by atoms with E-state index >= 15 is 0 Å². The van der Waals surface area contributed by atoms with Gasteiger partial charge in [-0.3, -0.25) is 0 Å². The van der Waals surface area contributed by atoms with Gasteiger partial charge in [-0.15, -0.1) is 0 Å². The van der Waals surface area contributed by atoms with Gasteiger partial charge >= 0.3 is 0 Å². The summed E-state index contributed by atoms with van der Waals surface area (Å²) in [5.41, 5.74) is 0. The molecule has 3 nitrogen and oxygen atoms in total. The first-order valence-electron chi connectivity index (χ1n) is 3.60. The highest BCUT2D eigenvalue weighted by atomic mass is 16.7. The van der Waals surface area contributed by atoms with Crippen molar-refractivity contribution in [2.75, 3.05) is 13.2 Å². The monoisotopic (exact) mass is 144 g/mol. The van der Waals surface area contributed by atoms with Crippen LogP contribution in [0.1, 0.15) is 19.3 Å². The van der Waals surface area contributed by atoms with Crippen LogP contribution in [0.3, 0.4) is 0 Å². The molecule has 0 radical (unpaired) electrons. The van der Waals surface area contributed by atoms with Crippen molar-refractivity contribution in [3.05, 3.63) is 0 Å². The molecule has 0 spiro atoms. The Kier molecular flexibility index (Phi) is 3.40. The summed E-state index contributed by atoms with van der Waals surface area (Å²) in [6.07, 6.45) is 2.96. The van der Waals surface area contributed by atoms with Gasteiger partial charge in [0.05, 0.1) is 13.2 Å². The van der Waals surface area contributed by atoms with Crippen LogP contribution in [-0.4, -0.2) is 25.8 Å². The number of aldehydes is 1. The lowest BCUT2D eigenvalue weighted by atomic mass is 10.3. The Morgan fingerprint density at radius 2 is 2.10 bits per heavy atom. The van der Waals surface area contributed by atoms with Gasteiger partial charge in [0.25, 0.3) is 0 Å². The van der Waals surface area contributed by atoms with Crippen molar-refractivity contribution in [2.24, 2.45) is 0 Å². The van der Waals surface area contributed by atoms with Gasteiger partial charge in [0.2, 0.25) is 0 Å². The van der Waals surface area contributed by atoms with Crippen LogP contribution in [0.5, 0.6) is 0 Å². The highest BCUT2D eigenvalue weighted by Crippen LogP contribution is 2.08. The Hall–Kier alpha value is -0.410. The number of hydrogen-bond donors (Lipinski definition) is 0. The summed E-state index contributed by atoms with van der Waals surface area (Å²) in [7, 11) is 0. The summed E-state index contributed by atoms with van der Waals surface area (Å²) in [5, 5.41) is 0. The van der Waals surface area contributed by atoms with Crippen molar-refractivity contribution in [1.82, 2.24) is 0 Å². The molecule has 0 atom stereocenters. The molecule has 0 bridgehead atoms. The second kappa shape index (κ2) is 4.41. The van der Waals surface area contributed by atoms with Crippen molar-refractivity contribution in [1.29, 1.82) is 0 Å². The molecule has 0 N–H and O–H groups in total. The van der Waals surface area contributed by atoms with Gasteiger partial charge in [-0.2, -0.15) is 0 Å². The normalized spacial score (nSPS) is 20.8. The van der Waals surface area contributed by atoms with Gasteiger partial charge in [0.1, 0.15) is 6.29 Å². The molecule has 0 aromatic carbocycles. The first-order valence-corrected chi connectivity index (χ1v) is 3.60. The maximum absolute atomic E-state index is 9.94. The molecule has 3 heteroatoms. The fraction of sp³-hybridized carbons (Fsp3) is 0.857. The van der Waals surface area contributed by atoms with Crippen LogP contribution >= 0.6 is 0 Å². The molecule has 1 aliphatic heterocycles. The topological polar surface area (TPSA) is 35.5 Å². The number of ether oxygens (including phenoxy) is 2. The molecule has 0 aliphatic carbocycles. The number of rotatable bonds is 3. The van der Waals surface area contributed by atoms with Gasteiger partial charge in [-0.25, -0.2) is 0 Å². The standard InChI is InChI=1S/C7H12O3/c8-4-1-3-7-9-5-2-6-10-7/h4,7H,1-3,5-6H2. The molecular formula is C7H12O3. The summed E-state index contributed by atoms with van der Waals surface area (Å²) in [4.78, 5) is 9.94. The average Bonchev–Trinajstić information content (AvgIpc) is 2.03. The fourth-order valence-electron chi connectivity index (χ4n) is 0.907. The predicted molar refractivity (Wildman–Crippen MR) is 35.6 cm³/mol. The lowest BCUT2D eigenvalue weighted by Crippen LogP contribution is -2.24. The number of carbonyl (C=O) groups is 1. The number of hydrogen-bond acceptors (Lipinski definition) is 3. The SMILES string of the molecule is O=CCCC1OCCCO1. The summed E-state index contributed by atoms with van der Waals surface area (Å²) in [6, 6.07) is 0. The Labute approximate surface area is 60.3 Å². The van der Waals surface area contributed by atoms with E-state index in [1.54, 1.807) is 0 Å². The molecule has 1 heterocycles. The van der Waals surface area contributed by atoms with E-state index in [2.05, 4.69) is 0 Å². The lowest BCUT2D eigenvalue weighted by Gasteiger charge is -2.22. The number of carbonyl (C=O) groups excluding carboxylic acids is 1. The third kappa shape index (κ3) is 2.45. The molecule has 1 aliphatic rings. The lowest BCUT2D eigenvalue weighted by molar-refractivity contribution is -0.181. The van der Waals surface area contributed by atoms with Crippen molar-refractivity contribution in [3.8, 4) is 0 Å². The van der Waals surface area contributed by atoms with Crippen LogP contribution in [0.4, 0.5) is 0 Å². The fourth-order valence-corrected chi connectivity index (χ4v) is 0.907. The highest BCUT2D eigenvalue weighted by Gasteiger charge is 2.12. The molecule has 1 rings (SSSR count). The minimum Gasteiger partial charge on any atom is -0.353 e. The van der Waals surface area contributed by atoms with Gasteiger partial charge in [-0.05, 0) is 6.42 Å². The summed E-state index contributed by atoms with van der Waals surface area (Å²) >= 11 is 0. The van der Waals surface area contributed by atoms with Crippen molar-refractivity contribution in [3.63, 3.8) is 0 Å². The molecule has 58 valence electrons. The van der Waals surface area contributed by atoms with Gasteiger partial charge in [0.15, 0.2) is 6.29 Å². The van der Waals surface area contributed by atoms with Crippen LogP contribution < -0.4 is 0 Å². The van der Waals surface area contributed by atoms with Gasteiger partial charge in [0, 0.05) is 12.8 Å². The van der Waals surface area contributed by atoms with E-state index in [1.807, 2.05) is 0 Å². The zero-order chi connectivity index (χ0) is 7.23. The van der Waals surface area contributed by atoms with Crippen LogP contribution in [-0.2, 0) is 14.3 Å². The van der Waals surface area contributed by atoms with Crippen LogP contribution in [0.2, 0.25) is 0 Å². The van der Waals surface area contributed by atoms with Crippen molar-refractivity contribution >= 4 is 6.29 Å². The Balaban J connectivity index is 2.07. The molecule has 1 fully saturated rings. The molecule has 0 amide bonds. The zero-order valence-corrected chi connectivity index (χ0v) is 5.91. The van der Waals surface area contributed by atoms with Crippen LogP contribution in [0, 0.1) is 0 Å². The highest BCUT2D eigenvalue weighted by molar-refractivity contribution is 5.49. The quantitative estimate of drug-likeness (QED) is 0.548. The molecule has 0 aromatic heterocycles. The molecule has 1 saturated heterocycles. The smallest absolute Gasteiger partial charge is 0.157 e. The van der Waals surface area contributed by atoms with E-state index in [1.165, 1.54) is 0 Å². The van der Waals surface area contributed by atoms with Gasteiger partial charge < -0.3 is 14.3 Å². The second-order valence-corrected chi connectivity index (χ2v) is 2.27. The van der Waals surface area contributed by atoms with E-state index in [-0.39, 0.29) is 6.29 Å². The maximum atomic E-state index is 9.94. The van der Waals surface area contributed by atoms with E-state index in [0.29, 0.717) is 12.8 Å².